The molecule has 16 heavy (non-hydrogen) atoms. The lowest BCUT2D eigenvalue weighted by molar-refractivity contribution is 0.0844. The van der Waals surface area contributed by atoms with Gasteiger partial charge in [-0.05, 0) is 31.3 Å². The van der Waals surface area contributed by atoms with Crippen LogP contribution in [-0.2, 0) is 0 Å². The highest BCUT2D eigenvalue weighted by molar-refractivity contribution is 7.80. The molecule has 3 nitrogen and oxygen atoms in total. The van der Waals surface area contributed by atoms with Crippen molar-refractivity contribution in [2.24, 2.45) is 0 Å². The molecule has 0 unspecified atom stereocenters. The van der Waals surface area contributed by atoms with Crippen LogP contribution in [0.1, 0.15) is 17.3 Å². The molecule has 0 N–H and O–H groups in total. The van der Waals surface area contributed by atoms with Crippen LogP contribution in [0.5, 0.6) is 0 Å². The molecule has 0 saturated carbocycles. The van der Waals surface area contributed by atoms with E-state index in [0.29, 0.717) is 17.2 Å². The first-order valence-electron chi connectivity index (χ1n) is 5.16. The van der Waals surface area contributed by atoms with Gasteiger partial charge in [-0.15, -0.1) is 0 Å². The van der Waals surface area contributed by atoms with Crippen LogP contribution in [0.2, 0.25) is 0 Å². The smallest absolute Gasteiger partial charge is 0.260 e. The molecule has 1 aromatic rings. The Morgan fingerprint density at radius 3 is 2.25 bits per heavy atom. The van der Waals surface area contributed by atoms with Crippen LogP contribution in [0.3, 0.4) is 0 Å². The minimum absolute atomic E-state index is 0.0539. The number of rotatable bonds is 2. The van der Waals surface area contributed by atoms with Gasteiger partial charge >= 0.3 is 0 Å². The summed E-state index contributed by atoms with van der Waals surface area (Å²) in [4.78, 5) is 15.5. The van der Waals surface area contributed by atoms with Crippen molar-refractivity contribution in [3.05, 3.63) is 35.9 Å². The monoisotopic (exact) mass is 236 g/mol. The third-order valence-corrected chi connectivity index (χ3v) is 2.78. The standard InChI is InChI=1S/C12H16N2OS/c1-4-14(12(16)13(2)3)11(15)10-8-6-5-7-9-10/h5-9H,4H2,1-3H3. The number of amides is 1. The molecule has 0 spiro atoms. The second-order valence-corrected chi connectivity index (χ2v) is 3.96. The first kappa shape index (κ1) is 12.6. The minimum atomic E-state index is -0.0539. The summed E-state index contributed by atoms with van der Waals surface area (Å²) in [5, 5.41) is 0.538. The highest BCUT2D eigenvalue weighted by atomic mass is 32.1. The summed E-state index contributed by atoms with van der Waals surface area (Å²) in [6.45, 7) is 2.49. The Balaban J connectivity index is 2.91. The molecule has 1 aromatic carbocycles. The van der Waals surface area contributed by atoms with Gasteiger partial charge in [0.15, 0.2) is 5.11 Å². The molecule has 0 bridgehead atoms. The van der Waals surface area contributed by atoms with Gasteiger partial charge in [0.05, 0.1) is 0 Å². The lowest BCUT2D eigenvalue weighted by Crippen LogP contribution is -2.42. The Bertz CT molecular complexity index is 376. The summed E-state index contributed by atoms with van der Waals surface area (Å²) in [6.07, 6.45) is 0. The number of thiocarbonyl (C=S) groups is 1. The molecular weight excluding hydrogens is 220 g/mol. The lowest BCUT2D eigenvalue weighted by atomic mass is 10.2. The van der Waals surface area contributed by atoms with Crippen molar-refractivity contribution >= 4 is 23.2 Å². The van der Waals surface area contributed by atoms with E-state index in [0.717, 1.165) is 0 Å². The highest BCUT2D eigenvalue weighted by Crippen LogP contribution is 2.06. The number of hydrogen-bond donors (Lipinski definition) is 0. The summed E-state index contributed by atoms with van der Waals surface area (Å²) in [7, 11) is 3.67. The van der Waals surface area contributed by atoms with Crippen LogP contribution < -0.4 is 0 Å². The van der Waals surface area contributed by atoms with Gasteiger partial charge in [-0.1, -0.05) is 18.2 Å². The largest absolute Gasteiger partial charge is 0.355 e. The van der Waals surface area contributed by atoms with Gasteiger partial charge in [0.1, 0.15) is 0 Å². The number of carbonyl (C=O) groups is 1. The number of benzene rings is 1. The summed E-state index contributed by atoms with van der Waals surface area (Å²) in [6, 6.07) is 9.17. The fraction of sp³-hybridized carbons (Fsp3) is 0.333. The molecule has 0 aliphatic heterocycles. The van der Waals surface area contributed by atoms with Crippen LogP contribution in [0.4, 0.5) is 0 Å². The summed E-state index contributed by atoms with van der Waals surface area (Å²) < 4.78 is 0. The molecule has 0 fully saturated rings. The topological polar surface area (TPSA) is 23.6 Å². The van der Waals surface area contributed by atoms with E-state index in [9.17, 15) is 4.79 Å². The molecule has 1 rings (SSSR count). The molecule has 4 heteroatoms. The van der Waals surface area contributed by atoms with Crippen molar-refractivity contribution in [3.63, 3.8) is 0 Å². The molecular formula is C12H16N2OS. The van der Waals surface area contributed by atoms with Gasteiger partial charge in [0.25, 0.3) is 5.91 Å². The van der Waals surface area contributed by atoms with Crippen LogP contribution in [0, 0.1) is 0 Å². The van der Waals surface area contributed by atoms with Crippen molar-refractivity contribution in [1.82, 2.24) is 9.80 Å². The molecule has 1 amide bonds. The van der Waals surface area contributed by atoms with Crippen LogP contribution in [0.15, 0.2) is 30.3 Å². The normalized spacial score (nSPS) is 9.69. The molecule has 0 aliphatic carbocycles. The predicted molar refractivity (Wildman–Crippen MR) is 69.4 cm³/mol. The Labute approximate surface area is 102 Å². The van der Waals surface area contributed by atoms with Crippen molar-refractivity contribution < 1.29 is 4.79 Å². The van der Waals surface area contributed by atoms with Crippen LogP contribution in [-0.4, -0.2) is 41.5 Å². The molecule has 0 aromatic heterocycles. The van der Waals surface area contributed by atoms with Gasteiger partial charge in [0, 0.05) is 26.2 Å². The Kier molecular flexibility index (Phi) is 4.43. The van der Waals surface area contributed by atoms with Crippen molar-refractivity contribution in [3.8, 4) is 0 Å². The van der Waals surface area contributed by atoms with E-state index < -0.39 is 0 Å². The summed E-state index contributed by atoms with van der Waals surface area (Å²) in [5.41, 5.74) is 0.661. The zero-order chi connectivity index (χ0) is 12.1. The molecule has 0 heterocycles. The van der Waals surface area contributed by atoms with Crippen molar-refractivity contribution in [2.45, 2.75) is 6.92 Å². The lowest BCUT2D eigenvalue weighted by Gasteiger charge is -2.26. The summed E-state index contributed by atoms with van der Waals surface area (Å²) in [5.74, 6) is -0.0539. The predicted octanol–water partition coefficient (Wildman–Crippen LogP) is 2.00. The zero-order valence-electron chi connectivity index (χ0n) is 9.80. The van der Waals surface area contributed by atoms with Gasteiger partial charge in [-0.3, -0.25) is 9.69 Å². The van der Waals surface area contributed by atoms with E-state index in [1.165, 1.54) is 0 Å². The molecule has 0 saturated heterocycles. The van der Waals surface area contributed by atoms with Crippen molar-refractivity contribution in [2.75, 3.05) is 20.6 Å². The summed E-state index contributed by atoms with van der Waals surface area (Å²) >= 11 is 5.21. The van der Waals surface area contributed by atoms with E-state index in [1.54, 1.807) is 21.9 Å². The molecule has 0 radical (unpaired) electrons. The van der Waals surface area contributed by atoms with Gasteiger partial charge in [-0.2, -0.15) is 0 Å². The average molecular weight is 236 g/mol. The minimum Gasteiger partial charge on any atom is -0.355 e. The fourth-order valence-corrected chi connectivity index (χ4v) is 1.56. The van der Waals surface area contributed by atoms with E-state index in [4.69, 9.17) is 12.2 Å². The van der Waals surface area contributed by atoms with E-state index >= 15 is 0 Å². The second kappa shape index (κ2) is 5.61. The van der Waals surface area contributed by atoms with E-state index in [1.807, 2.05) is 39.2 Å². The van der Waals surface area contributed by atoms with Crippen LogP contribution >= 0.6 is 12.2 Å². The third-order valence-electron chi connectivity index (χ3n) is 2.20. The Hall–Kier alpha value is -1.42. The quantitative estimate of drug-likeness (QED) is 0.734. The van der Waals surface area contributed by atoms with Gasteiger partial charge in [-0.25, -0.2) is 0 Å². The Morgan fingerprint density at radius 1 is 1.25 bits per heavy atom. The highest BCUT2D eigenvalue weighted by Gasteiger charge is 2.18. The number of carbonyl (C=O) groups excluding carboxylic acids is 1. The fourth-order valence-electron chi connectivity index (χ4n) is 1.34. The van der Waals surface area contributed by atoms with E-state index in [-0.39, 0.29) is 5.91 Å². The first-order valence-corrected chi connectivity index (χ1v) is 5.57. The molecule has 0 atom stereocenters. The van der Waals surface area contributed by atoms with Gasteiger partial charge in [0.2, 0.25) is 0 Å². The maximum absolute atomic E-state index is 12.1. The first-order chi connectivity index (χ1) is 7.57. The molecule has 86 valence electrons. The van der Waals surface area contributed by atoms with E-state index in [2.05, 4.69) is 0 Å². The van der Waals surface area contributed by atoms with Gasteiger partial charge < -0.3 is 4.90 Å². The second-order valence-electron chi connectivity index (χ2n) is 3.59. The number of nitrogens with zero attached hydrogens (tertiary/aromatic N) is 2. The maximum Gasteiger partial charge on any atom is 0.260 e. The van der Waals surface area contributed by atoms with Crippen molar-refractivity contribution in [1.29, 1.82) is 0 Å². The third kappa shape index (κ3) is 2.79. The molecule has 0 aliphatic rings. The SMILES string of the molecule is CCN(C(=O)c1ccccc1)C(=S)N(C)C. The zero-order valence-corrected chi connectivity index (χ0v) is 10.6. The Morgan fingerprint density at radius 2 is 1.81 bits per heavy atom. The number of hydrogen-bond acceptors (Lipinski definition) is 2. The van der Waals surface area contributed by atoms with Crippen LogP contribution in [0.25, 0.3) is 0 Å². The average Bonchev–Trinajstić information content (AvgIpc) is 2.30. The maximum atomic E-state index is 12.1.